The van der Waals surface area contributed by atoms with Gasteiger partial charge in [0.1, 0.15) is 6.04 Å². The highest BCUT2D eigenvalue weighted by Gasteiger charge is 2.32. The third kappa shape index (κ3) is 2.21. The van der Waals surface area contributed by atoms with Crippen molar-refractivity contribution in [2.75, 3.05) is 6.54 Å². The molecule has 0 bridgehead atoms. The molecule has 2 rings (SSSR count). The van der Waals surface area contributed by atoms with Gasteiger partial charge in [0.15, 0.2) is 0 Å². The first kappa shape index (κ1) is 11.4. The second kappa shape index (κ2) is 4.42. The fourth-order valence-corrected chi connectivity index (χ4v) is 1.95. The summed E-state index contributed by atoms with van der Waals surface area (Å²) in [6.07, 6.45) is 2.66. The van der Waals surface area contributed by atoms with Crippen molar-refractivity contribution in [1.82, 2.24) is 5.32 Å². The minimum atomic E-state index is -1.07. The van der Waals surface area contributed by atoms with E-state index in [1.807, 2.05) is 0 Å². The van der Waals surface area contributed by atoms with Gasteiger partial charge >= 0.3 is 11.9 Å². The van der Waals surface area contributed by atoms with Crippen LogP contribution in [0.5, 0.6) is 0 Å². The van der Waals surface area contributed by atoms with E-state index >= 15 is 0 Å². The molecular formula is C11H11NO5. The van der Waals surface area contributed by atoms with Crippen LogP contribution in [0.3, 0.4) is 0 Å². The first-order valence-corrected chi connectivity index (χ1v) is 5.02. The number of hydrogen-bond acceptors (Lipinski definition) is 4. The summed E-state index contributed by atoms with van der Waals surface area (Å²) in [5, 5.41) is 20.6. The van der Waals surface area contributed by atoms with Gasteiger partial charge in [-0.15, -0.1) is 0 Å². The first-order valence-electron chi connectivity index (χ1n) is 5.02. The Morgan fingerprint density at radius 2 is 2.24 bits per heavy atom. The van der Waals surface area contributed by atoms with Gasteiger partial charge in [0.2, 0.25) is 0 Å². The second-order valence-electron chi connectivity index (χ2n) is 3.74. The van der Waals surface area contributed by atoms with Crippen molar-refractivity contribution >= 4 is 17.5 Å². The van der Waals surface area contributed by atoms with Gasteiger partial charge in [0.25, 0.3) is 0 Å². The van der Waals surface area contributed by atoms with E-state index in [9.17, 15) is 9.59 Å². The van der Waals surface area contributed by atoms with Crippen LogP contribution in [0.25, 0.3) is 5.57 Å². The number of aliphatic carboxylic acids is 2. The van der Waals surface area contributed by atoms with Gasteiger partial charge in [-0.3, -0.25) is 14.9 Å². The van der Waals surface area contributed by atoms with Gasteiger partial charge in [-0.1, -0.05) is 0 Å². The molecule has 0 aromatic carbocycles. The van der Waals surface area contributed by atoms with E-state index < -0.39 is 18.0 Å². The molecule has 0 fully saturated rings. The quantitative estimate of drug-likeness (QED) is 0.707. The number of nitrogens with one attached hydrogen (secondary N) is 1. The zero-order valence-corrected chi connectivity index (χ0v) is 8.84. The van der Waals surface area contributed by atoms with Crippen LogP contribution < -0.4 is 5.32 Å². The van der Waals surface area contributed by atoms with Crippen LogP contribution in [0.2, 0.25) is 0 Å². The predicted molar refractivity (Wildman–Crippen MR) is 57.3 cm³/mol. The summed E-state index contributed by atoms with van der Waals surface area (Å²) in [6, 6.07) is 0.749. The molecule has 0 saturated carbocycles. The molecule has 0 aliphatic carbocycles. The third-order valence-corrected chi connectivity index (χ3v) is 2.68. The standard InChI is InChI=1S/C11H11NO5/c13-9(14)3-7-8(6-1-2-17-5-6)4-12-10(7)11(15)16/h1-2,5,10,12H,3-4H2,(H,13,14)(H,15,16)/t10-/m0/s1. The van der Waals surface area contributed by atoms with Crippen LogP contribution in [0.1, 0.15) is 12.0 Å². The van der Waals surface area contributed by atoms with Crippen molar-refractivity contribution in [2.45, 2.75) is 12.5 Å². The third-order valence-electron chi connectivity index (χ3n) is 2.68. The predicted octanol–water partition coefficient (Wildman–Crippen LogP) is 0.564. The van der Waals surface area contributed by atoms with Gasteiger partial charge in [0, 0.05) is 12.1 Å². The molecule has 1 aliphatic rings. The lowest BCUT2D eigenvalue weighted by molar-refractivity contribution is -0.138. The molecule has 1 atom stereocenters. The molecule has 1 aromatic heterocycles. The maximum absolute atomic E-state index is 11.0. The van der Waals surface area contributed by atoms with E-state index in [2.05, 4.69) is 5.32 Å². The van der Waals surface area contributed by atoms with E-state index in [4.69, 9.17) is 14.6 Å². The minimum Gasteiger partial charge on any atom is -0.481 e. The number of carbonyl (C=O) groups is 2. The van der Waals surface area contributed by atoms with Crippen LogP contribution >= 0.6 is 0 Å². The highest BCUT2D eigenvalue weighted by molar-refractivity contribution is 5.89. The summed E-state index contributed by atoms with van der Waals surface area (Å²) in [7, 11) is 0. The molecule has 2 heterocycles. The van der Waals surface area contributed by atoms with E-state index in [1.54, 1.807) is 6.07 Å². The number of rotatable bonds is 4. The minimum absolute atomic E-state index is 0.287. The Hall–Kier alpha value is -2.08. The fraction of sp³-hybridized carbons (Fsp3) is 0.273. The highest BCUT2D eigenvalue weighted by Crippen LogP contribution is 2.28. The van der Waals surface area contributed by atoms with Crippen molar-refractivity contribution in [2.24, 2.45) is 0 Å². The molecular weight excluding hydrogens is 226 g/mol. The molecule has 1 aliphatic heterocycles. The van der Waals surface area contributed by atoms with Gasteiger partial charge in [-0.05, 0) is 17.2 Å². The Bertz CT molecular complexity index is 474. The van der Waals surface area contributed by atoms with Gasteiger partial charge < -0.3 is 14.6 Å². The number of carboxylic acid groups (broad SMARTS) is 2. The number of carboxylic acids is 2. The maximum atomic E-state index is 11.0. The molecule has 90 valence electrons. The molecule has 0 amide bonds. The zero-order valence-electron chi connectivity index (χ0n) is 8.84. The van der Waals surface area contributed by atoms with Gasteiger partial charge in [-0.2, -0.15) is 0 Å². The number of hydrogen-bond donors (Lipinski definition) is 3. The molecule has 17 heavy (non-hydrogen) atoms. The summed E-state index contributed by atoms with van der Waals surface area (Å²) in [5.74, 6) is -2.12. The molecule has 0 unspecified atom stereocenters. The normalized spacial score (nSPS) is 19.6. The van der Waals surface area contributed by atoms with E-state index in [1.165, 1.54) is 12.5 Å². The van der Waals surface area contributed by atoms with E-state index in [0.717, 1.165) is 5.56 Å². The Morgan fingerprint density at radius 1 is 1.47 bits per heavy atom. The average Bonchev–Trinajstić information content (AvgIpc) is 2.83. The molecule has 3 N–H and O–H groups in total. The van der Waals surface area contributed by atoms with Crippen molar-refractivity contribution < 1.29 is 24.2 Å². The molecule has 6 heteroatoms. The second-order valence-corrected chi connectivity index (χ2v) is 3.74. The molecule has 0 radical (unpaired) electrons. The van der Waals surface area contributed by atoms with Gasteiger partial charge in [-0.25, -0.2) is 0 Å². The Kier molecular flexibility index (Phi) is 2.97. The topological polar surface area (TPSA) is 99.8 Å². The molecule has 6 nitrogen and oxygen atoms in total. The lowest BCUT2D eigenvalue weighted by Crippen LogP contribution is -2.34. The highest BCUT2D eigenvalue weighted by atomic mass is 16.4. The van der Waals surface area contributed by atoms with E-state index in [0.29, 0.717) is 17.7 Å². The summed E-state index contributed by atoms with van der Waals surface area (Å²) in [5.41, 5.74) is 1.79. The lowest BCUT2D eigenvalue weighted by atomic mass is 9.98. The zero-order chi connectivity index (χ0) is 12.4. The first-order chi connectivity index (χ1) is 8.09. The number of furan rings is 1. The van der Waals surface area contributed by atoms with E-state index in [-0.39, 0.29) is 6.42 Å². The van der Waals surface area contributed by atoms with Crippen LogP contribution in [0, 0.1) is 0 Å². The smallest absolute Gasteiger partial charge is 0.325 e. The molecule has 1 aromatic rings. The average molecular weight is 237 g/mol. The Morgan fingerprint density at radius 3 is 2.76 bits per heavy atom. The van der Waals surface area contributed by atoms with Crippen molar-refractivity contribution in [3.63, 3.8) is 0 Å². The van der Waals surface area contributed by atoms with Crippen molar-refractivity contribution in [1.29, 1.82) is 0 Å². The van der Waals surface area contributed by atoms with Crippen LogP contribution in [0.4, 0.5) is 0 Å². The maximum Gasteiger partial charge on any atom is 0.325 e. The fourth-order valence-electron chi connectivity index (χ4n) is 1.95. The Labute approximate surface area is 96.5 Å². The van der Waals surface area contributed by atoms with Crippen molar-refractivity contribution in [3.8, 4) is 0 Å². The Balaban J connectivity index is 2.39. The summed E-state index contributed by atoms with van der Waals surface area (Å²) >= 11 is 0. The van der Waals surface area contributed by atoms with Crippen molar-refractivity contribution in [3.05, 3.63) is 29.7 Å². The molecule has 0 spiro atoms. The monoisotopic (exact) mass is 237 g/mol. The summed E-state index contributed by atoms with van der Waals surface area (Å²) in [6.45, 7) is 0.332. The van der Waals surface area contributed by atoms with Crippen LogP contribution in [0.15, 0.2) is 28.6 Å². The largest absolute Gasteiger partial charge is 0.481 e. The van der Waals surface area contributed by atoms with Crippen LogP contribution in [-0.2, 0) is 9.59 Å². The molecule has 0 saturated heterocycles. The summed E-state index contributed by atoms with van der Waals surface area (Å²) < 4.78 is 4.92. The SMILES string of the molecule is O=C(O)CC1=C(c2ccoc2)CN[C@@H]1C(=O)O. The van der Waals surface area contributed by atoms with Crippen LogP contribution in [-0.4, -0.2) is 34.7 Å². The summed E-state index contributed by atoms with van der Waals surface area (Å²) in [4.78, 5) is 21.8. The lowest BCUT2D eigenvalue weighted by Gasteiger charge is -2.08. The van der Waals surface area contributed by atoms with Gasteiger partial charge in [0.05, 0.1) is 18.9 Å².